The number of anilines is 1. The lowest BCUT2D eigenvalue weighted by atomic mass is 10.3. The molecule has 1 saturated heterocycles. The number of nitrogens with one attached hydrogen (secondary N) is 1. The molecule has 0 spiro atoms. The molecule has 1 N–H and O–H groups in total. The van der Waals surface area contributed by atoms with Crippen molar-refractivity contribution in [3.8, 4) is 0 Å². The van der Waals surface area contributed by atoms with Crippen LogP contribution in [0.1, 0.15) is 6.92 Å². The second kappa shape index (κ2) is 7.72. The normalized spacial score (nSPS) is 20.4. The van der Waals surface area contributed by atoms with Crippen LogP contribution >= 0.6 is 23.4 Å². The second-order valence-electron chi connectivity index (χ2n) is 4.95. The molecule has 0 radical (unpaired) electrons. The number of nitrogens with zero attached hydrogens (tertiary/aromatic N) is 1. The fourth-order valence-electron chi connectivity index (χ4n) is 2.34. The molecule has 1 fully saturated rings. The van der Waals surface area contributed by atoms with Crippen molar-refractivity contribution in [3.63, 3.8) is 0 Å². The lowest BCUT2D eigenvalue weighted by Gasteiger charge is -2.34. The Morgan fingerprint density at radius 1 is 1.48 bits per heavy atom. The minimum atomic E-state index is -3.02. The highest BCUT2D eigenvalue weighted by atomic mass is 35.5. The Hall–Kier alpha value is -0.430. The van der Waals surface area contributed by atoms with E-state index in [4.69, 9.17) is 11.6 Å². The minimum absolute atomic E-state index is 0.205. The third kappa shape index (κ3) is 4.77. The Morgan fingerprint density at radius 2 is 2.29 bits per heavy atom. The number of benzene rings is 1. The number of halogens is 1. The van der Waals surface area contributed by atoms with E-state index >= 15 is 0 Å². The van der Waals surface area contributed by atoms with Gasteiger partial charge in [-0.15, -0.1) is 0 Å². The number of rotatable bonds is 6. The molecule has 0 amide bonds. The van der Waals surface area contributed by atoms with Gasteiger partial charge in [0.05, 0.1) is 0 Å². The minimum Gasteiger partial charge on any atom is -0.384 e. The van der Waals surface area contributed by atoms with Gasteiger partial charge in [-0.2, -0.15) is 11.8 Å². The van der Waals surface area contributed by atoms with Crippen LogP contribution in [-0.2, 0) is 9.84 Å². The Bertz CT molecular complexity index is 566. The lowest BCUT2D eigenvalue weighted by Crippen LogP contribution is -2.49. The molecule has 21 heavy (non-hydrogen) atoms. The first-order valence-electron chi connectivity index (χ1n) is 7.05. The maximum Gasteiger partial charge on any atom is 0.166 e. The topological polar surface area (TPSA) is 49.4 Å². The molecule has 2 rings (SSSR count). The number of sulfone groups is 1. The molecule has 0 aromatic heterocycles. The van der Waals surface area contributed by atoms with Crippen LogP contribution in [0.4, 0.5) is 5.69 Å². The first-order valence-corrected chi connectivity index (χ1v) is 10.3. The summed E-state index contributed by atoms with van der Waals surface area (Å²) in [5.41, 5.74) is 0.962. The van der Waals surface area contributed by atoms with Crippen molar-refractivity contribution < 1.29 is 8.42 Å². The summed E-state index contributed by atoms with van der Waals surface area (Å²) in [6, 6.07) is 7.55. The molecule has 1 aromatic carbocycles. The van der Waals surface area contributed by atoms with E-state index in [1.165, 1.54) is 0 Å². The molecule has 1 atom stereocenters. The average molecular weight is 349 g/mol. The van der Waals surface area contributed by atoms with E-state index in [0.29, 0.717) is 17.3 Å². The summed E-state index contributed by atoms with van der Waals surface area (Å²) in [7, 11) is -3.02. The van der Waals surface area contributed by atoms with Gasteiger partial charge in [-0.25, -0.2) is 8.42 Å². The predicted octanol–water partition coefficient (Wildman–Crippen LogP) is 2.56. The number of hydrogen-bond donors (Lipinski definition) is 1. The summed E-state index contributed by atoms with van der Waals surface area (Å²) in [6.45, 7) is 3.97. The molecule has 1 aliphatic rings. The van der Waals surface area contributed by atoms with Crippen molar-refractivity contribution in [2.24, 2.45) is 0 Å². The van der Waals surface area contributed by atoms with Crippen LogP contribution in [0, 0.1) is 0 Å². The van der Waals surface area contributed by atoms with E-state index in [2.05, 4.69) is 10.2 Å². The van der Waals surface area contributed by atoms with Crippen molar-refractivity contribution in [2.75, 3.05) is 42.2 Å². The molecule has 7 heteroatoms. The summed E-state index contributed by atoms with van der Waals surface area (Å²) < 4.78 is 24.3. The molecular formula is C14H21ClN2O2S2. The van der Waals surface area contributed by atoms with Gasteiger partial charge in [0.1, 0.15) is 5.37 Å². The van der Waals surface area contributed by atoms with Crippen molar-refractivity contribution >= 4 is 38.9 Å². The van der Waals surface area contributed by atoms with E-state index < -0.39 is 9.84 Å². The molecule has 0 saturated carbocycles. The second-order valence-corrected chi connectivity index (χ2v) is 8.99. The summed E-state index contributed by atoms with van der Waals surface area (Å²) in [5.74, 6) is 1.87. The van der Waals surface area contributed by atoms with Gasteiger partial charge in [-0.05, 0) is 18.2 Å². The zero-order valence-electron chi connectivity index (χ0n) is 12.1. The van der Waals surface area contributed by atoms with Crippen LogP contribution in [0.3, 0.4) is 0 Å². The highest BCUT2D eigenvalue weighted by Crippen LogP contribution is 2.21. The van der Waals surface area contributed by atoms with Crippen LogP contribution in [0.2, 0.25) is 5.02 Å². The van der Waals surface area contributed by atoms with Gasteiger partial charge in [0.15, 0.2) is 9.84 Å². The molecule has 0 aliphatic carbocycles. The Kier molecular flexibility index (Phi) is 6.22. The molecular weight excluding hydrogens is 328 g/mol. The Labute approximate surface area is 136 Å². The highest BCUT2D eigenvalue weighted by Gasteiger charge is 2.32. The van der Waals surface area contributed by atoms with Gasteiger partial charge in [0.25, 0.3) is 0 Å². The number of thioether (sulfide) groups is 1. The summed E-state index contributed by atoms with van der Waals surface area (Å²) in [5, 5.41) is 3.65. The van der Waals surface area contributed by atoms with E-state index in [9.17, 15) is 8.42 Å². The third-order valence-electron chi connectivity index (χ3n) is 3.56. The fourth-order valence-corrected chi connectivity index (χ4v) is 5.64. The van der Waals surface area contributed by atoms with Gasteiger partial charge in [-0.1, -0.05) is 24.6 Å². The lowest BCUT2D eigenvalue weighted by molar-refractivity contribution is 0.280. The van der Waals surface area contributed by atoms with Gasteiger partial charge in [0.2, 0.25) is 0 Å². The van der Waals surface area contributed by atoms with Gasteiger partial charge in [-0.3, -0.25) is 4.90 Å². The van der Waals surface area contributed by atoms with Gasteiger partial charge < -0.3 is 5.32 Å². The first kappa shape index (κ1) is 16.9. The van der Waals surface area contributed by atoms with Gasteiger partial charge in [0, 0.05) is 47.6 Å². The van der Waals surface area contributed by atoms with Crippen molar-refractivity contribution in [1.29, 1.82) is 0 Å². The zero-order valence-corrected chi connectivity index (χ0v) is 14.5. The van der Waals surface area contributed by atoms with Gasteiger partial charge >= 0.3 is 0 Å². The third-order valence-corrected chi connectivity index (χ3v) is 7.13. The van der Waals surface area contributed by atoms with Crippen LogP contribution in [0.5, 0.6) is 0 Å². The average Bonchev–Trinajstić information content (AvgIpc) is 2.48. The summed E-state index contributed by atoms with van der Waals surface area (Å²) in [6.07, 6.45) is 0. The van der Waals surface area contributed by atoms with Crippen LogP contribution < -0.4 is 5.32 Å². The monoisotopic (exact) mass is 348 g/mol. The Balaban J connectivity index is 1.91. The molecule has 1 heterocycles. The smallest absolute Gasteiger partial charge is 0.166 e. The summed E-state index contributed by atoms with van der Waals surface area (Å²) in [4.78, 5) is 2.08. The molecule has 1 unspecified atom stereocenters. The SMILES string of the molecule is CCS(=O)(=O)C1CSCCN1CCNc1cccc(Cl)c1. The standard InChI is InChI=1S/C14H21ClN2O2S2/c1-2-21(18,19)14-11-20-9-8-17(14)7-6-16-13-5-3-4-12(15)10-13/h3-5,10,14,16H,2,6-9,11H2,1H3. The first-order chi connectivity index (χ1) is 10.0. The van der Waals surface area contributed by atoms with Crippen molar-refractivity contribution in [2.45, 2.75) is 12.3 Å². The predicted molar refractivity (Wildman–Crippen MR) is 92.1 cm³/mol. The van der Waals surface area contributed by atoms with E-state index in [1.54, 1.807) is 18.7 Å². The number of hydrogen-bond acceptors (Lipinski definition) is 5. The maximum atomic E-state index is 12.1. The molecule has 4 nitrogen and oxygen atoms in total. The molecule has 0 bridgehead atoms. The molecule has 118 valence electrons. The van der Waals surface area contributed by atoms with Crippen LogP contribution in [0.15, 0.2) is 24.3 Å². The maximum absolute atomic E-state index is 12.1. The zero-order chi connectivity index (χ0) is 15.3. The van der Waals surface area contributed by atoms with Crippen molar-refractivity contribution in [1.82, 2.24) is 4.90 Å². The van der Waals surface area contributed by atoms with Crippen LogP contribution in [0.25, 0.3) is 0 Å². The summed E-state index contributed by atoms with van der Waals surface area (Å²) >= 11 is 7.66. The van der Waals surface area contributed by atoms with Crippen LogP contribution in [-0.4, -0.2) is 55.6 Å². The molecule has 1 aromatic rings. The van der Waals surface area contributed by atoms with E-state index in [-0.39, 0.29) is 11.1 Å². The molecule has 1 aliphatic heterocycles. The van der Waals surface area contributed by atoms with Crippen molar-refractivity contribution in [3.05, 3.63) is 29.3 Å². The Morgan fingerprint density at radius 3 is 3.00 bits per heavy atom. The largest absolute Gasteiger partial charge is 0.384 e. The van der Waals surface area contributed by atoms with E-state index in [1.807, 2.05) is 24.3 Å². The van der Waals surface area contributed by atoms with E-state index in [0.717, 1.165) is 24.5 Å². The quantitative estimate of drug-likeness (QED) is 0.856. The fraction of sp³-hybridized carbons (Fsp3) is 0.571. The highest BCUT2D eigenvalue weighted by molar-refractivity contribution is 8.01.